The normalized spacial score (nSPS) is 14.5. The lowest BCUT2D eigenvalue weighted by Gasteiger charge is -2.34. The topological polar surface area (TPSA) is 81.3 Å². The van der Waals surface area contributed by atoms with Crippen molar-refractivity contribution in [3.05, 3.63) is 72.1 Å². The zero-order valence-corrected chi connectivity index (χ0v) is 16.7. The smallest absolute Gasteiger partial charge is 0.267 e. The molecule has 4 rings (SSSR count). The molecule has 30 heavy (non-hydrogen) atoms. The molecular formula is C23H23FN4O2. The van der Waals surface area contributed by atoms with E-state index in [0.29, 0.717) is 0 Å². The molecule has 2 aromatic heterocycles. The third-order valence-corrected chi connectivity index (χ3v) is 5.26. The van der Waals surface area contributed by atoms with Crippen molar-refractivity contribution in [3.8, 4) is 16.9 Å². The molecule has 1 fully saturated rings. The van der Waals surface area contributed by atoms with E-state index in [1.165, 1.54) is 12.1 Å². The minimum atomic E-state index is -0.594. The van der Waals surface area contributed by atoms with E-state index < -0.39 is 5.91 Å². The van der Waals surface area contributed by atoms with Gasteiger partial charge in [-0.15, -0.1) is 0 Å². The number of hydrogen-bond donors (Lipinski definition) is 1. The van der Waals surface area contributed by atoms with Crippen LogP contribution in [0.5, 0.6) is 5.75 Å². The molecule has 3 aromatic rings. The predicted molar refractivity (Wildman–Crippen MR) is 113 cm³/mol. The van der Waals surface area contributed by atoms with E-state index in [9.17, 15) is 9.18 Å². The van der Waals surface area contributed by atoms with Gasteiger partial charge in [0.1, 0.15) is 23.4 Å². The lowest BCUT2D eigenvalue weighted by Crippen LogP contribution is -2.38. The number of anilines is 1. The number of ether oxygens (including phenoxy) is 1. The highest BCUT2D eigenvalue weighted by Gasteiger charge is 2.24. The third kappa shape index (κ3) is 4.40. The van der Waals surface area contributed by atoms with Crippen LogP contribution in [-0.2, 0) is 0 Å². The second-order valence-electron chi connectivity index (χ2n) is 7.40. The number of benzene rings is 1. The number of carbonyl (C=O) groups excluding carboxylic acids is 1. The van der Waals surface area contributed by atoms with E-state index in [1.807, 2.05) is 19.1 Å². The maximum Gasteiger partial charge on any atom is 0.267 e. The number of nitrogens with zero attached hydrogens (tertiary/aromatic N) is 3. The summed E-state index contributed by atoms with van der Waals surface area (Å²) in [6.07, 6.45) is 5.21. The Balaban J connectivity index is 1.53. The average Bonchev–Trinajstić information content (AvgIpc) is 2.76. The molecule has 7 heteroatoms. The number of hydrogen-bond acceptors (Lipinski definition) is 5. The Morgan fingerprint density at radius 2 is 1.83 bits per heavy atom. The van der Waals surface area contributed by atoms with Gasteiger partial charge in [-0.05, 0) is 42.8 Å². The van der Waals surface area contributed by atoms with Crippen LogP contribution >= 0.6 is 0 Å². The fraction of sp³-hybridized carbons (Fsp3) is 0.261. The van der Waals surface area contributed by atoms with Gasteiger partial charge >= 0.3 is 0 Å². The molecule has 0 bridgehead atoms. The summed E-state index contributed by atoms with van der Waals surface area (Å²) < 4.78 is 19.5. The van der Waals surface area contributed by atoms with Crippen molar-refractivity contribution in [3.63, 3.8) is 0 Å². The van der Waals surface area contributed by atoms with E-state index in [1.54, 1.807) is 30.6 Å². The van der Waals surface area contributed by atoms with Crippen molar-refractivity contribution < 1.29 is 13.9 Å². The first-order valence-corrected chi connectivity index (χ1v) is 9.89. The highest BCUT2D eigenvalue weighted by atomic mass is 19.1. The first-order chi connectivity index (χ1) is 14.5. The zero-order chi connectivity index (χ0) is 21.1. The molecule has 3 heterocycles. The molecule has 1 amide bonds. The molecule has 0 unspecified atom stereocenters. The van der Waals surface area contributed by atoms with Crippen LogP contribution in [0.2, 0.25) is 0 Å². The summed E-state index contributed by atoms with van der Waals surface area (Å²) in [7, 11) is 0. The monoisotopic (exact) mass is 406 g/mol. The van der Waals surface area contributed by atoms with Gasteiger partial charge in [-0.25, -0.2) is 9.37 Å². The molecule has 0 atom stereocenters. The van der Waals surface area contributed by atoms with Gasteiger partial charge < -0.3 is 15.4 Å². The minimum Gasteiger partial charge on any atom is -0.489 e. The molecule has 0 spiro atoms. The van der Waals surface area contributed by atoms with E-state index >= 15 is 0 Å². The standard InChI is InChI=1S/C23H23FN4O2/c1-15-2-7-19(13-26-15)30-18-8-10-28(11-9-18)22-14-27-21(23(25)29)12-20(22)16-3-5-17(24)6-4-16/h2-7,12-14,18H,8-11H2,1H3,(H2,25,29). The molecule has 0 aliphatic carbocycles. The summed E-state index contributed by atoms with van der Waals surface area (Å²) >= 11 is 0. The SMILES string of the molecule is Cc1ccc(OC2CCN(c3cnc(C(N)=O)cc3-c3ccc(F)cc3)CC2)cn1. The Labute approximate surface area is 174 Å². The van der Waals surface area contributed by atoms with Crippen LogP contribution in [0.3, 0.4) is 0 Å². The summed E-state index contributed by atoms with van der Waals surface area (Å²) in [5.41, 5.74) is 9.06. The molecule has 0 saturated carbocycles. The van der Waals surface area contributed by atoms with Gasteiger partial charge in [0.05, 0.1) is 18.1 Å². The lowest BCUT2D eigenvalue weighted by molar-refractivity contribution is 0.0995. The summed E-state index contributed by atoms with van der Waals surface area (Å²) in [6, 6.07) is 11.7. The quantitative estimate of drug-likeness (QED) is 0.698. The molecule has 2 N–H and O–H groups in total. The summed E-state index contributed by atoms with van der Waals surface area (Å²) in [5.74, 6) is -0.129. The number of carbonyl (C=O) groups is 1. The van der Waals surface area contributed by atoms with Crippen LogP contribution in [0.4, 0.5) is 10.1 Å². The van der Waals surface area contributed by atoms with E-state index in [2.05, 4.69) is 14.9 Å². The van der Waals surface area contributed by atoms with Crippen molar-refractivity contribution in [1.82, 2.24) is 9.97 Å². The highest BCUT2D eigenvalue weighted by molar-refractivity contribution is 5.93. The second-order valence-corrected chi connectivity index (χ2v) is 7.40. The number of aromatic nitrogens is 2. The Hall–Kier alpha value is -3.48. The van der Waals surface area contributed by atoms with Gasteiger partial charge in [0.2, 0.25) is 0 Å². The molecule has 1 saturated heterocycles. The van der Waals surface area contributed by atoms with Crippen LogP contribution in [-0.4, -0.2) is 35.1 Å². The number of amides is 1. The Kier molecular flexibility index (Phi) is 5.61. The number of piperidine rings is 1. The van der Waals surface area contributed by atoms with Crippen LogP contribution in [0, 0.1) is 12.7 Å². The van der Waals surface area contributed by atoms with Gasteiger partial charge in [-0.1, -0.05) is 12.1 Å². The largest absolute Gasteiger partial charge is 0.489 e. The average molecular weight is 406 g/mol. The van der Waals surface area contributed by atoms with Gasteiger partial charge in [-0.2, -0.15) is 0 Å². The fourth-order valence-corrected chi connectivity index (χ4v) is 3.63. The molecule has 0 radical (unpaired) electrons. The van der Waals surface area contributed by atoms with Gasteiger partial charge in [-0.3, -0.25) is 9.78 Å². The number of nitrogens with two attached hydrogens (primary N) is 1. The van der Waals surface area contributed by atoms with Crippen molar-refractivity contribution in [2.24, 2.45) is 5.73 Å². The highest BCUT2D eigenvalue weighted by Crippen LogP contribution is 2.33. The van der Waals surface area contributed by atoms with Crippen LogP contribution in [0.1, 0.15) is 29.0 Å². The molecule has 1 aliphatic heterocycles. The maximum atomic E-state index is 13.4. The first kappa shape index (κ1) is 19.8. The predicted octanol–water partition coefficient (Wildman–Crippen LogP) is 3.74. The maximum absolute atomic E-state index is 13.4. The summed E-state index contributed by atoms with van der Waals surface area (Å²) in [5, 5.41) is 0. The summed E-state index contributed by atoms with van der Waals surface area (Å²) in [6.45, 7) is 3.49. The Morgan fingerprint density at radius 1 is 1.10 bits per heavy atom. The van der Waals surface area contributed by atoms with Gasteiger partial charge in [0, 0.05) is 37.2 Å². The zero-order valence-electron chi connectivity index (χ0n) is 16.7. The molecule has 6 nitrogen and oxygen atoms in total. The number of pyridine rings is 2. The molecular weight excluding hydrogens is 383 g/mol. The molecule has 1 aliphatic rings. The van der Waals surface area contributed by atoms with Crippen LogP contribution in [0.25, 0.3) is 11.1 Å². The Morgan fingerprint density at radius 3 is 2.47 bits per heavy atom. The van der Waals surface area contributed by atoms with Gasteiger partial charge in [0.15, 0.2) is 0 Å². The number of rotatable bonds is 5. The second kappa shape index (κ2) is 8.49. The number of primary amides is 1. The van der Waals surface area contributed by atoms with Crippen molar-refractivity contribution >= 4 is 11.6 Å². The van der Waals surface area contributed by atoms with Crippen LogP contribution in [0.15, 0.2) is 54.9 Å². The van der Waals surface area contributed by atoms with Crippen molar-refractivity contribution in [2.45, 2.75) is 25.9 Å². The number of aryl methyl sites for hydroxylation is 1. The van der Waals surface area contributed by atoms with E-state index in [0.717, 1.165) is 54.2 Å². The lowest BCUT2D eigenvalue weighted by atomic mass is 10.0. The fourth-order valence-electron chi connectivity index (χ4n) is 3.63. The van der Waals surface area contributed by atoms with E-state index in [-0.39, 0.29) is 17.6 Å². The molecule has 1 aromatic carbocycles. The number of halogens is 1. The third-order valence-electron chi connectivity index (χ3n) is 5.26. The van der Waals surface area contributed by atoms with Crippen LogP contribution < -0.4 is 15.4 Å². The Bertz CT molecular complexity index is 1030. The van der Waals surface area contributed by atoms with Crippen molar-refractivity contribution in [2.75, 3.05) is 18.0 Å². The van der Waals surface area contributed by atoms with E-state index in [4.69, 9.17) is 10.5 Å². The molecule has 154 valence electrons. The van der Waals surface area contributed by atoms with Gasteiger partial charge in [0.25, 0.3) is 5.91 Å². The minimum absolute atomic E-state index is 0.109. The van der Waals surface area contributed by atoms with Crippen molar-refractivity contribution in [1.29, 1.82) is 0 Å². The first-order valence-electron chi connectivity index (χ1n) is 9.89. The summed E-state index contributed by atoms with van der Waals surface area (Å²) in [4.78, 5) is 22.3.